The highest BCUT2D eigenvalue weighted by molar-refractivity contribution is 9.18. The Kier molecular flexibility index (Phi) is 4.96. The van der Waals surface area contributed by atoms with Gasteiger partial charge in [-0.3, -0.25) is 5.41 Å². The number of ether oxygens (including phenoxy) is 1. The molecule has 1 aliphatic carbocycles. The number of hydrogen-bond donors (Lipinski definition) is 2. The Labute approximate surface area is 134 Å². The molecule has 2 aliphatic rings. The first kappa shape index (κ1) is 16.3. The molecule has 0 bridgehead atoms. The summed E-state index contributed by atoms with van der Waals surface area (Å²) in [5, 5.41) is 11.3. The minimum Gasteiger partial charge on any atom is -0.444 e. The van der Waals surface area contributed by atoms with Crippen LogP contribution < -0.4 is 5.32 Å². The summed E-state index contributed by atoms with van der Waals surface area (Å²) in [6.07, 6.45) is 3.03. The Morgan fingerprint density at radius 1 is 1.48 bits per heavy atom. The summed E-state index contributed by atoms with van der Waals surface area (Å²) in [4.78, 5) is 13.8. The lowest BCUT2D eigenvalue weighted by atomic mass is 10.1. The van der Waals surface area contributed by atoms with Crippen molar-refractivity contribution in [2.75, 3.05) is 19.6 Å². The number of nitrogens with one attached hydrogen (secondary N) is 2. The van der Waals surface area contributed by atoms with Crippen LogP contribution >= 0.6 is 15.9 Å². The van der Waals surface area contributed by atoms with Gasteiger partial charge in [0.05, 0.1) is 6.54 Å². The Balaban J connectivity index is 2.00. The van der Waals surface area contributed by atoms with E-state index < -0.39 is 5.60 Å². The monoisotopic (exact) mass is 357 g/mol. The molecule has 0 aromatic heterocycles. The van der Waals surface area contributed by atoms with Crippen LogP contribution in [-0.2, 0) is 4.74 Å². The van der Waals surface area contributed by atoms with Gasteiger partial charge in [-0.1, -0.05) is 0 Å². The molecule has 0 aromatic carbocycles. The molecule has 0 spiro atoms. The molecular formula is C15H24BrN3O2. The zero-order valence-corrected chi connectivity index (χ0v) is 14.5. The number of amides is 1. The SMILES string of the molecule is CC(C)(C)OC(=O)N1CCC(NCC2CC2)=C(C(=N)Br)C1. The third kappa shape index (κ3) is 5.02. The molecule has 0 aromatic rings. The lowest BCUT2D eigenvalue weighted by molar-refractivity contribution is 0.0261. The van der Waals surface area contributed by atoms with E-state index in [1.807, 2.05) is 20.8 Å². The molecule has 1 aliphatic heterocycles. The molecule has 5 nitrogen and oxygen atoms in total. The van der Waals surface area contributed by atoms with Gasteiger partial charge in [0.1, 0.15) is 10.2 Å². The Morgan fingerprint density at radius 2 is 2.14 bits per heavy atom. The van der Waals surface area contributed by atoms with Crippen molar-refractivity contribution in [3.63, 3.8) is 0 Å². The van der Waals surface area contributed by atoms with Crippen LogP contribution in [0.15, 0.2) is 11.3 Å². The van der Waals surface area contributed by atoms with E-state index in [1.54, 1.807) is 4.90 Å². The lowest BCUT2D eigenvalue weighted by Crippen LogP contribution is -2.43. The van der Waals surface area contributed by atoms with Gasteiger partial charge in [-0.25, -0.2) is 4.79 Å². The van der Waals surface area contributed by atoms with Crippen molar-refractivity contribution in [1.82, 2.24) is 10.2 Å². The first-order valence-corrected chi connectivity index (χ1v) is 8.24. The molecule has 1 fully saturated rings. The lowest BCUT2D eigenvalue weighted by Gasteiger charge is -2.32. The van der Waals surface area contributed by atoms with Gasteiger partial charge in [0.15, 0.2) is 0 Å². The first-order valence-electron chi connectivity index (χ1n) is 7.44. The zero-order valence-electron chi connectivity index (χ0n) is 13.0. The summed E-state index contributed by atoms with van der Waals surface area (Å²) in [7, 11) is 0. The number of carbonyl (C=O) groups is 1. The molecule has 1 amide bonds. The topological polar surface area (TPSA) is 65.4 Å². The fourth-order valence-electron chi connectivity index (χ4n) is 2.23. The molecule has 118 valence electrons. The predicted molar refractivity (Wildman–Crippen MR) is 86.8 cm³/mol. The maximum Gasteiger partial charge on any atom is 0.410 e. The van der Waals surface area contributed by atoms with Gasteiger partial charge in [0.25, 0.3) is 0 Å². The number of rotatable bonds is 4. The number of halogens is 1. The van der Waals surface area contributed by atoms with Gasteiger partial charge in [-0.05, 0) is 55.5 Å². The van der Waals surface area contributed by atoms with Crippen molar-refractivity contribution in [1.29, 1.82) is 5.41 Å². The van der Waals surface area contributed by atoms with Crippen LogP contribution in [0.4, 0.5) is 4.79 Å². The van der Waals surface area contributed by atoms with E-state index in [0.29, 0.717) is 17.7 Å². The van der Waals surface area contributed by atoms with E-state index in [4.69, 9.17) is 10.1 Å². The van der Waals surface area contributed by atoms with Crippen molar-refractivity contribution in [2.45, 2.75) is 45.6 Å². The van der Waals surface area contributed by atoms with Gasteiger partial charge < -0.3 is 15.0 Å². The van der Waals surface area contributed by atoms with E-state index in [0.717, 1.165) is 30.2 Å². The molecular weight excluding hydrogens is 334 g/mol. The Hall–Kier alpha value is -1.04. The van der Waals surface area contributed by atoms with Crippen molar-refractivity contribution >= 4 is 26.6 Å². The fourth-order valence-corrected chi connectivity index (χ4v) is 2.60. The van der Waals surface area contributed by atoms with Crippen LogP contribution in [0.3, 0.4) is 0 Å². The van der Waals surface area contributed by atoms with E-state index >= 15 is 0 Å². The number of carbonyl (C=O) groups excluding carboxylic acids is 1. The summed E-state index contributed by atoms with van der Waals surface area (Å²) >= 11 is 3.24. The van der Waals surface area contributed by atoms with Crippen LogP contribution in [0.1, 0.15) is 40.0 Å². The summed E-state index contributed by atoms with van der Waals surface area (Å²) in [6, 6.07) is 0. The zero-order chi connectivity index (χ0) is 15.6. The van der Waals surface area contributed by atoms with Crippen LogP contribution in [-0.4, -0.2) is 40.8 Å². The maximum absolute atomic E-state index is 12.1. The van der Waals surface area contributed by atoms with Crippen LogP contribution in [0.5, 0.6) is 0 Å². The maximum atomic E-state index is 12.1. The van der Waals surface area contributed by atoms with Gasteiger partial charge in [0.2, 0.25) is 0 Å². The van der Waals surface area contributed by atoms with E-state index in [-0.39, 0.29) is 6.09 Å². The predicted octanol–water partition coefficient (Wildman–Crippen LogP) is 3.25. The molecule has 2 rings (SSSR count). The molecule has 1 heterocycles. The largest absolute Gasteiger partial charge is 0.444 e. The second-order valence-electron chi connectivity index (χ2n) is 6.75. The van der Waals surface area contributed by atoms with Crippen molar-refractivity contribution in [2.24, 2.45) is 5.92 Å². The summed E-state index contributed by atoms with van der Waals surface area (Å²) in [6.45, 7) is 7.62. The van der Waals surface area contributed by atoms with Crippen molar-refractivity contribution in [3.8, 4) is 0 Å². The van der Waals surface area contributed by atoms with Gasteiger partial charge in [-0.15, -0.1) is 0 Å². The molecule has 6 heteroatoms. The van der Waals surface area contributed by atoms with E-state index in [9.17, 15) is 4.79 Å². The van der Waals surface area contributed by atoms with E-state index in [1.165, 1.54) is 12.8 Å². The van der Waals surface area contributed by atoms with Crippen LogP contribution in [0.25, 0.3) is 0 Å². The summed E-state index contributed by atoms with van der Waals surface area (Å²) in [5.41, 5.74) is 1.45. The van der Waals surface area contributed by atoms with Crippen LogP contribution in [0.2, 0.25) is 0 Å². The third-order valence-electron chi connectivity index (χ3n) is 3.56. The average molecular weight is 358 g/mol. The first-order chi connectivity index (χ1) is 9.76. The third-order valence-corrected chi connectivity index (χ3v) is 4.04. The molecule has 0 unspecified atom stereocenters. The highest BCUT2D eigenvalue weighted by Gasteiger charge is 2.29. The molecule has 0 atom stereocenters. The van der Waals surface area contributed by atoms with Gasteiger partial charge >= 0.3 is 6.09 Å². The van der Waals surface area contributed by atoms with E-state index in [2.05, 4.69) is 21.2 Å². The molecule has 2 N–H and O–H groups in total. The molecule has 0 saturated heterocycles. The van der Waals surface area contributed by atoms with Crippen LogP contribution in [0, 0.1) is 11.3 Å². The highest BCUT2D eigenvalue weighted by Crippen LogP contribution is 2.29. The Morgan fingerprint density at radius 3 is 2.67 bits per heavy atom. The van der Waals surface area contributed by atoms with Crippen molar-refractivity contribution in [3.05, 3.63) is 11.3 Å². The number of hydrogen-bond acceptors (Lipinski definition) is 4. The molecule has 1 saturated carbocycles. The summed E-state index contributed by atoms with van der Waals surface area (Å²) < 4.78 is 5.75. The smallest absolute Gasteiger partial charge is 0.410 e. The normalized spacial score (nSPS) is 19.5. The molecule has 0 radical (unpaired) electrons. The highest BCUT2D eigenvalue weighted by atomic mass is 79.9. The minimum absolute atomic E-state index is 0.310. The average Bonchev–Trinajstić information content (AvgIpc) is 3.17. The number of nitrogens with zero attached hydrogens (tertiary/aromatic N) is 1. The fraction of sp³-hybridized carbons (Fsp3) is 0.733. The van der Waals surface area contributed by atoms with Gasteiger partial charge in [-0.2, -0.15) is 0 Å². The van der Waals surface area contributed by atoms with Gasteiger partial charge in [0, 0.05) is 30.8 Å². The second-order valence-corrected chi connectivity index (χ2v) is 7.54. The van der Waals surface area contributed by atoms with Crippen molar-refractivity contribution < 1.29 is 9.53 Å². The second kappa shape index (κ2) is 6.38. The Bertz CT molecular complexity index is 464. The molecule has 21 heavy (non-hydrogen) atoms. The quantitative estimate of drug-likeness (QED) is 0.759. The standard InChI is InChI=1S/C15H24BrN3O2/c1-15(2,3)21-14(20)19-7-6-12(11(9-19)13(16)17)18-8-10-4-5-10/h10,17-18H,4-9H2,1-3H3. The minimum atomic E-state index is -0.493. The summed E-state index contributed by atoms with van der Waals surface area (Å²) in [5.74, 6) is 0.784.